The molecular weight excluding hydrogens is 264 g/mol. The van der Waals surface area contributed by atoms with Crippen LogP contribution in [0.4, 0.5) is 0 Å². The molecule has 0 fully saturated rings. The van der Waals surface area contributed by atoms with Crippen molar-refractivity contribution in [2.75, 3.05) is 52.9 Å². The van der Waals surface area contributed by atoms with Gasteiger partial charge in [-0.15, -0.1) is 0 Å². The zero-order valence-corrected chi connectivity index (χ0v) is 12.5. The number of carbonyl (C=O) groups excluding carboxylic acids is 1. The molecule has 6 heteroatoms. The van der Waals surface area contributed by atoms with Gasteiger partial charge in [-0.2, -0.15) is 0 Å². The normalized spacial score (nSPS) is 10.8. The van der Waals surface area contributed by atoms with Gasteiger partial charge in [-0.05, 0) is 13.8 Å². The maximum atomic E-state index is 10.7. The molecule has 0 bridgehead atoms. The van der Waals surface area contributed by atoms with Crippen molar-refractivity contribution in [3.8, 4) is 0 Å². The molecule has 0 spiro atoms. The van der Waals surface area contributed by atoms with Gasteiger partial charge >= 0.3 is 5.97 Å². The van der Waals surface area contributed by atoms with Gasteiger partial charge in [0.15, 0.2) is 0 Å². The van der Waals surface area contributed by atoms with Crippen molar-refractivity contribution in [2.45, 2.75) is 20.0 Å². The molecule has 0 aliphatic heterocycles. The first-order valence-electron chi connectivity index (χ1n) is 6.80. The highest BCUT2D eigenvalue weighted by molar-refractivity contribution is 5.81. The van der Waals surface area contributed by atoms with Gasteiger partial charge in [0.1, 0.15) is 6.61 Å². The summed E-state index contributed by atoms with van der Waals surface area (Å²) in [4.78, 5) is 10.7. The fraction of sp³-hybridized carbons (Fsp3) is 0.786. The highest BCUT2D eigenvalue weighted by Gasteiger charge is 1.96. The average Bonchev–Trinajstić information content (AvgIpc) is 2.43. The number of rotatable bonds is 14. The molecule has 0 rings (SSSR count). The van der Waals surface area contributed by atoms with Crippen LogP contribution in [0.1, 0.15) is 13.8 Å². The Morgan fingerprint density at radius 3 is 1.80 bits per heavy atom. The van der Waals surface area contributed by atoms with E-state index in [-0.39, 0.29) is 12.7 Å². The zero-order valence-electron chi connectivity index (χ0n) is 12.5. The van der Waals surface area contributed by atoms with Crippen LogP contribution in [0.2, 0.25) is 0 Å². The molecule has 0 aromatic rings. The molecule has 20 heavy (non-hydrogen) atoms. The first kappa shape index (κ1) is 19.1. The van der Waals surface area contributed by atoms with Crippen LogP contribution < -0.4 is 0 Å². The van der Waals surface area contributed by atoms with Crippen molar-refractivity contribution in [2.24, 2.45) is 0 Å². The minimum Gasteiger partial charge on any atom is -0.460 e. The lowest BCUT2D eigenvalue weighted by Gasteiger charge is -2.08. The summed E-state index contributed by atoms with van der Waals surface area (Å²) in [6.45, 7) is 11.0. The summed E-state index contributed by atoms with van der Waals surface area (Å²) in [5.74, 6) is -0.441. The van der Waals surface area contributed by atoms with Crippen LogP contribution in [0.5, 0.6) is 0 Å². The number of hydrogen-bond acceptors (Lipinski definition) is 6. The van der Waals surface area contributed by atoms with Crippen LogP contribution in [0.25, 0.3) is 0 Å². The molecule has 0 aliphatic rings. The molecule has 6 nitrogen and oxygen atoms in total. The Bertz CT molecular complexity index is 242. The second kappa shape index (κ2) is 14.5. The van der Waals surface area contributed by atoms with Crippen molar-refractivity contribution in [1.29, 1.82) is 0 Å². The van der Waals surface area contributed by atoms with Crippen LogP contribution in [0.15, 0.2) is 12.7 Å². The van der Waals surface area contributed by atoms with Crippen LogP contribution in [0, 0.1) is 0 Å². The lowest BCUT2D eigenvalue weighted by molar-refractivity contribution is -0.139. The first-order valence-corrected chi connectivity index (χ1v) is 6.80. The maximum absolute atomic E-state index is 10.7. The van der Waals surface area contributed by atoms with Crippen molar-refractivity contribution in [3.05, 3.63) is 12.7 Å². The highest BCUT2D eigenvalue weighted by atomic mass is 16.6. The van der Waals surface area contributed by atoms with Gasteiger partial charge in [0, 0.05) is 6.08 Å². The highest BCUT2D eigenvalue weighted by Crippen LogP contribution is 1.88. The van der Waals surface area contributed by atoms with E-state index in [4.69, 9.17) is 23.7 Å². The summed E-state index contributed by atoms with van der Waals surface area (Å²) in [5, 5.41) is 0. The van der Waals surface area contributed by atoms with Crippen molar-refractivity contribution < 1.29 is 28.5 Å². The lowest BCUT2D eigenvalue weighted by atomic mass is 10.5. The molecule has 0 aliphatic carbocycles. The Hall–Kier alpha value is -0.950. The topological polar surface area (TPSA) is 63.2 Å². The molecule has 0 heterocycles. The second-order valence-corrected chi connectivity index (χ2v) is 4.13. The van der Waals surface area contributed by atoms with Gasteiger partial charge in [-0.1, -0.05) is 6.58 Å². The standard InChI is InChI=1S/C14H26O6/c1-4-14(15)20-12-10-18-8-6-16-5-7-17-9-11-19-13(2)3/h4,13H,1,5-12H2,2-3H3. The van der Waals surface area contributed by atoms with Gasteiger partial charge in [-0.25, -0.2) is 4.79 Å². The molecule has 0 atom stereocenters. The number of ether oxygens (including phenoxy) is 5. The summed E-state index contributed by atoms with van der Waals surface area (Å²) in [7, 11) is 0. The van der Waals surface area contributed by atoms with E-state index in [9.17, 15) is 4.79 Å². The minimum absolute atomic E-state index is 0.226. The molecule has 0 saturated heterocycles. The molecule has 118 valence electrons. The van der Waals surface area contributed by atoms with E-state index in [1.165, 1.54) is 0 Å². The quantitative estimate of drug-likeness (QED) is 0.272. The van der Waals surface area contributed by atoms with Crippen molar-refractivity contribution >= 4 is 5.97 Å². The molecule has 0 N–H and O–H groups in total. The van der Waals surface area contributed by atoms with Gasteiger partial charge in [0.25, 0.3) is 0 Å². The van der Waals surface area contributed by atoms with Crippen LogP contribution in [0.3, 0.4) is 0 Å². The molecule has 0 saturated carbocycles. The van der Waals surface area contributed by atoms with E-state index in [1.807, 2.05) is 13.8 Å². The Morgan fingerprint density at radius 1 is 0.900 bits per heavy atom. The largest absolute Gasteiger partial charge is 0.460 e. The summed E-state index contributed by atoms with van der Waals surface area (Å²) >= 11 is 0. The molecule has 0 aromatic heterocycles. The third kappa shape index (κ3) is 15.1. The second-order valence-electron chi connectivity index (χ2n) is 4.13. The number of carbonyl (C=O) groups is 1. The Morgan fingerprint density at radius 2 is 1.35 bits per heavy atom. The zero-order chi connectivity index (χ0) is 15.1. The number of hydrogen-bond donors (Lipinski definition) is 0. The molecule has 0 unspecified atom stereocenters. The van der Waals surface area contributed by atoms with E-state index >= 15 is 0 Å². The van der Waals surface area contributed by atoms with Crippen LogP contribution >= 0.6 is 0 Å². The first-order chi connectivity index (χ1) is 9.66. The smallest absolute Gasteiger partial charge is 0.330 e. The summed E-state index contributed by atoms with van der Waals surface area (Å²) in [6.07, 6.45) is 1.35. The molecule has 0 radical (unpaired) electrons. The monoisotopic (exact) mass is 290 g/mol. The predicted molar refractivity (Wildman–Crippen MR) is 74.7 cm³/mol. The summed E-state index contributed by atoms with van der Waals surface area (Å²) in [5.41, 5.74) is 0. The lowest BCUT2D eigenvalue weighted by Crippen LogP contribution is -2.14. The fourth-order valence-electron chi connectivity index (χ4n) is 1.14. The third-order valence-corrected chi connectivity index (χ3v) is 2.06. The molecule has 0 amide bonds. The fourth-order valence-corrected chi connectivity index (χ4v) is 1.14. The van der Waals surface area contributed by atoms with Gasteiger partial charge < -0.3 is 23.7 Å². The van der Waals surface area contributed by atoms with E-state index in [2.05, 4.69) is 6.58 Å². The van der Waals surface area contributed by atoms with E-state index in [0.717, 1.165) is 6.08 Å². The predicted octanol–water partition coefficient (Wildman–Crippen LogP) is 1.19. The van der Waals surface area contributed by atoms with Gasteiger partial charge in [0.2, 0.25) is 0 Å². The molecule has 0 aromatic carbocycles. The molecular formula is C14H26O6. The van der Waals surface area contributed by atoms with Gasteiger partial charge in [-0.3, -0.25) is 0 Å². The average molecular weight is 290 g/mol. The van der Waals surface area contributed by atoms with Crippen molar-refractivity contribution in [1.82, 2.24) is 0 Å². The Balaban J connectivity index is 3.03. The van der Waals surface area contributed by atoms with Gasteiger partial charge in [0.05, 0.1) is 52.4 Å². The number of esters is 1. The maximum Gasteiger partial charge on any atom is 0.330 e. The van der Waals surface area contributed by atoms with E-state index < -0.39 is 5.97 Å². The minimum atomic E-state index is -0.441. The van der Waals surface area contributed by atoms with Crippen molar-refractivity contribution in [3.63, 3.8) is 0 Å². The van der Waals surface area contributed by atoms with E-state index in [1.54, 1.807) is 0 Å². The Kier molecular flexibility index (Phi) is 13.8. The third-order valence-electron chi connectivity index (χ3n) is 2.06. The Labute approximate surface area is 121 Å². The van der Waals surface area contributed by atoms with Crippen LogP contribution in [-0.2, 0) is 28.5 Å². The summed E-state index contributed by atoms with van der Waals surface area (Å²) < 4.78 is 25.9. The van der Waals surface area contributed by atoms with Crippen LogP contribution in [-0.4, -0.2) is 64.9 Å². The SMILES string of the molecule is C=CC(=O)OCCOCCOCCOCCOC(C)C. The van der Waals surface area contributed by atoms with E-state index in [0.29, 0.717) is 46.2 Å². The summed E-state index contributed by atoms with van der Waals surface area (Å²) in [6, 6.07) is 0.